The van der Waals surface area contributed by atoms with Gasteiger partial charge in [-0.15, -0.1) is 0 Å². The van der Waals surface area contributed by atoms with Gasteiger partial charge in [-0.05, 0) is 12.8 Å². The van der Waals surface area contributed by atoms with Gasteiger partial charge in [-0.3, -0.25) is 14.1 Å². The van der Waals surface area contributed by atoms with Crippen molar-refractivity contribution in [2.45, 2.75) is 200 Å². The van der Waals surface area contributed by atoms with Crippen LogP contribution in [0, 0.1) is 0 Å². The lowest BCUT2D eigenvalue weighted by molar-refractivity contribution is -0.193. The lowest BCUT2D eigenvalue weighted by Crippen LogP contribution is -2.29. The Hall–Kier alpha value is -0.950. The van der Waals surface area contributed by atoms with E-state index in [0.29, 0.717) is 12.8 Å². The van der Waals surface area contributed by atoms with Crippen molar-refractivity contribution in [2.75, 3.05) is 6.61 Å². The minimum atomic E-state index is -4.79. The van der Waals surface area contributed by atoms with E-state index in [1.165, 1.54) is 116 Å². The van der Waals surface area contributed by atoms with E-state index in [1.807, 2.05) is 0 Å². The molecule has 0 aliphatic carbocycles. The molecule has 0 aromatic rings. The third-order valence-corrected chi connectivity index (χ3v) is 8.36. The third-order valence-electron chi connectivity index (χ3n) is 7.87. The van der Waals surface area contributed by atoms with E-state index in [9.17, 15) is 14.2 Å². The first kappa shape index (κ1) is 42.0. The predicted octanol–water partition coefficient (Wildman–Crippen LogP) is 10.5. The SMILES string of the molecule is CCCCCCCCCCCCCCCC(=O)OC(COP(=O)(O)O)OC(=O)CCCCCCCCCCCCCCC. The largest absolute Gasteiger partial charge is 0.469 e. The Labute approximate surface area is 264 Å². The predicted molar refractivity (Wildman–Crippen MR) is 175 cm³/mol. The summed E-state index contributed by atoms with van der Waals surface area (Å²) in [4.78, 5) is 42.6. The number of esters is 2. The molecule has 9 heteroatoms. The highest BCUT2D eigenvalue weighted by Gasteiger charge is 2.24. The van der Waals surface area contributed by atoms with Gasteiger partial charge in [0.05, 0.1) is 0 Å². The maximum Gasteiger partial charge on any atom is 0.469 e. The Kier molecular flexibility index (Phi) is 30.4. The number of carbonyl (C=O) groups is 2. The maximum absolute atomic E-state index is 12.3. The van der Waals surface area contributed by atoms with Crippen LogP contribution in [0.25, 0.3) is 0 Å². The van der Waals surface area contributed by atoms with Crippen molar-refractivity contribution in [2.24, 2.45) is 0 Å². The normalized spacial score (nSPS) is 11.7. The van der Waals surface area contributed by atoms with Gasteiger partial charge < -0.3 is 19.3 Å². The Bertz CT molecular complexity index is 637. The Morgan fingerprint density at radius 3 is 1.00 bits per heavy atom. The van der Waals surface area contributed by atoms with Crippen LogP contribution in [0.2, 0.25) is 0 Å². The van der Waals surface area contributed by atoms with E-state index in [2.05, 4.69) is 18.4 Å². The highest BCUT2D eigenvalue weighted by atomic mass is 31.2. The second-order valence-electron chi connectivity index (χ2n) is 12.2. The molecule has 0 aromatic heterocycles. The van der Waals surface area contributed by atoms with Crippen LogP contribution in [0.4, 0.5) is 0 Å². The second-order valence-corrected chi connectivity index (χ2v) is 13.4. The Morgan fingerprint density at radius 1 is 0.488 bits per heavy atom. The van der Waals surface area contributed by atoms with Crippen molar-refractivity contribution in [3.8, 4) is 0 Å². The molecule has 0 radical (unpaired) electrons. The van der Waals surface area contributed by atoms with Gasteiger partial charge in [0.1, 0.15) is 6.61 Å². The van der Waals surface area contributed by atoms with E-state index in [0.717, 1.165) is 38.5 Å². The van der Waals surface area contributed by atoms with Gasteiger partial charge in [-0.2, -0.15) is 0 Å². The molecule has 0 amide bonds. The van der Waals surface area contributed by atoms with Crippen LogP contribution in [-0.2, 0) is 28.2 Å². The molecule has 0 fully saturated rings. The number of hydrogen-bond donors (Lipinski definition) is 2. The summed E-state index contributed by atoms with van der Waals surface area (Å²) in [5.74, 6) is -1.12. The van der Waals surface area contributed by atoms with Crippen molar-refractivity contribution in [3.63, 3.8) is 0 Å². The van der Waals surface area contributed by atoms with Crippen molar-refractivity contribution >= 4 is 19.8 Å². The molecule has 0 spiro atoms. The molecule has 0 aromatic carbocycles. The summed E-state index contributed by atoms with van der Waals surface area (Å²) in [7, 11) is -4.79. The molecule has 256 valence electrons. The zero-order valence-corrected chi connectivity index (χ0v) is 28.8. The molecule has 8 nitrogen and oxygen atoms in total. The van der Waals surface area contributed by atoms with Gasteiger partial charge in [0.25, 0.3) is 6.29 Å². The lowest BCUT2D eigenvalue weighted by Gasteiger charge is -2.18. The van der Waals surface area contributed by atoms with Crippen LogP contribution in [0.15, 0.2) is 0 Å². The number of unbranched alkanes of at least 4 members (excludes halogenated alkanes) is 24. The highest BCUT2D eigenvalue weighted by molar-refractivity contribution is 7.46. The minimum absolute atomic E-state index is 0.167. The van der Waals surface area contributed by atoms with Crippen LogP contribution in [-0.4, -0.2) is 34.6 Å². The molecule has 0 bridgehead atoms. The number of rotatable bonds is 33. The van der Waals surface area contributed by atoms with E-state index < -0.39 is 32.7 Å². The molecule has 0 saturated carbocycles. The minimum Gasteiger partial charge on any atom is -0.423 e. The molecule has 0 aliphatic heterocycles. The number of carbonyl (C=O) groups excluding carboxylic acids is 2. The standard InChI is InChI=1S/C34H67O8P/c1-3-5-7-9-11-13-15-17-19-21-23-25-27-29-32(35)41-34(31-40-43(37,38)39)42-33(36)30-28-26-24-22-20-18-16-14-12-10-8-6-4-2/h34H,3-31H2,1-2H3,(H2,37,38,39). The molecule has 0 unspecified atom stereocenters. The summed E-state index contributed by atoms with van der Waals surface area (Å²) < 4.78 is 26.0. The molecular formula is C34H67O8P. The van der Waals surface area contributed by atoms with Crippen LogP contribution < -0.4 is 0 Å². The van der Waals surface area contributed by atoms with Crippen molar-refractivity contribution in [3.05, 3.63) is 0 Å². The number of hydrogen-bond acceptors (Lipinski definition) is 6. The fraction of sp³-hybridized carbons (Fsp3) is 0.941. The monoisotopic (exact) mass is 634 g/mol. The summed E-state index contributed by atoms with van der Waals surface area (Å²) in [6, 6.07) is 0. The summed E-state index contributed by atoms with van der Waals surface area (Å²) in [5.41, 5.74) is 0. The van der Waals surface area contributed by atoms with Gasteiger partial charge in [0.2, 0.25) is 0 Å². The van der Waals surface area contributed by atoms with Crippen LogP contribution in [0.5, 0.6) is 0 Å². The van der Waals surface area contributed by atoms with Crippen LogP contribution in [0.3, 0.4) is 0 Å². The van der Waals surface area contributed by atoms with Crippen LogP contribution in [0.1, 0.15) is 194 Å². The first-order valence-corrected chi connectivity index (χ1v) is 19.4. The molecular weight excluding hydrogens is 567 g/mol. The number of ether oxygens (including phenoxy) is 2. The summed E-state index contributed by atoms with van der Waals surface area (Å²) in [6.07, 6.45) is 30.1. The van der Waals surface area contributed by atoms with Gasteiger partial charge >= 0.3 is 19.8 Å². The Balaban J connectivity index is 3.96. The topological polar surface area (TPSA) is 119 Å². The van der Waals surface area contributed by atoms with Crippen LogP contribution >= 0.6 is 7.82 Å². The molecule has 0 aliphatic rings. The lowest BCUT2D eigenvalue weighted by atomic mass is 10.0. The van der Waals surface area contributed by atoms with E-state index in [-0.39, 0.29) is 12.8 Å². The van der Waals surface area contributed by atoms with E-state index in [4.69, 9.17) is 19.3 Å². The fourth-order valence-corrected chi connectivity index (χ4v) is 5.55. The summed E-state index contributed by atoms with van der Waals surface area (Å²) in [5, 5.41) is 0. The van der Waals surface area contributed by atoms with Crippen molar-refractivity contribution in [1.82, 2.24) is 0 Å². The molecule has 0 atom stereocenters. The van der Waals surface area contributed by atoms with Gasteiger partial charge in [-0.25, -0.2) is 4.57 Å². The Morgan fingerprint density at radius 2 is 0.744 bits per heavy atom. The van der Waals surface area contributed by atoms with E-state index >= 15 is 0 Å². The third kappa shape index (κ3) is 33.8. The van der Waals surface area contributed by atoms with Gasteiger partial charge in [-0.1, -0.05) is 168 Å². The first-order valence-electron chi connectivity index (χ1n) is 17.9. The zero-order chi connectivity index (χ0) is 31.9. The quantitative estimate of drug-likeness (QED) is 0.0317. The summed E-state index contributed by atoms with van der Waals surface area (Å²) in [6.45, 7) is 3.78. The van der Waals surface area contributed by atoms with Gasteiger partial charge in [0, 0.05) is 12.8 Å². The second kappa shape index (κ2) is 31.0. The van der Waals surface area contributed by atoms with Crippen molar-refractivity contribution < 1.29 is 37.9 Å². The molecule has 0 saturated heterocycles. The average molecular weight is 635 g/mol. The molecule has 0 rings (SSSR count). The molecule has 2 N–H and O–H groups in total. The zero-order valence-electron chi connectivity index (χ0n) is 27.9. The molecule has 43 heavy (non-hydrogen) atoms. The smallest absolute Gasteiger partial charge is 0.423 e. The molecule has 0 heterocycles. The summed E-state index contributed by atoms with van der Waals surface area (Å²) >= 11 is 0. The highest BCUT2D eigenvalue weighted by Crippen LogP contribution is 2.36. The first-order chi connectivity index (χ1) is 20.8. The van der Waals surface area contributed by atoms with Crippen molar-refractivity contribution in [1.29, 1.82) is 0 Å². The number of phosphoric ester groups is 1. The number of phosphoric acid groups is 1. The maximum atomic E-state index is 12.3. The fourth-order valence-electron chi connectivity index (χ4n) is 5.24. The van der Waals surface area contributed by atoms with Gasteiger partial charge in [0.15, 0.2) is 0 Å². The average Bonchev–Trinajstić information content (AvgIpc) is 2.96. The van der Waals surface area contributed by atoms with E-state index in [1.54, 1.807) is 0 Å².